The molecule has 0 unspecified atom stereocenters. The van der Waals surface area contributed by atoms with Crippen LogP contribution in [0.3, 0.4) is 0 Å². The Morgan fingerprint density at radius 3 is 2.33 bits per heavy atom. The van der Waals surface area contributed by atoms with Crippen LogP contribution < -0.4 is 19.7 Å². The predicted octanol–water partition coefficient (Wildman–Crippen LogP) is 3.56. The standard InChI is InChI=1S/C23H27N5O4S/c1-3-32-20-8-10-21(11-9-20)33(29,30)27-19-6-4-18(5-7-19)26-22-16-23(25-17(2)24-22)28-12-14-31-15-13-28/h4-11,16,27H,3,12-15H2,1-2H3,(H,24,25,26). The average Bonchev–Trinajstić information content (AvgIpc) is 2.81. The summed E-state index contributed by atoms with van der Waals surface area (Å²) in [5, 5.41) is 3.26. The van der Waals surface area contributed by atoms with Crippen molar-refractivity contribution in [2.24, 2.45) is 0 Å². The number of morpholine rings is 1. The molecule has 3 aromatic rings. The van der Waals surface area contributed by atoms with Crippen LogP contribution in [0.25, 0.3) is 0 Å². The third-order valence-corrected chi connectivity index (χ3v) is 6.41. The number of anilines is 4. The molecule has 0 saturated carbocycles. The van der Waals surface area contributed by atoms with E-state index in [1.165, 1.54) is 12.1 Å². The SMILES string of the molecule is CCOc1ccc(S(=O)(=O)Nc2ccc(Nc3cc(N4CCOCC4)nc(C)n3)cc2)cc1. The lowest BCUT2D eigenvalue weighted by Gasteiger charge is -2.28. The fraction of sp³-hybridized carbons (Fsp3) is 0.304. The van der Waals surface area contributed by atoms with Crippen molar-refractivity contribution in [2.45, 2.75) is 18.7 Å². The summed E-state index contributed by atoms with van der Waals surface area (Å²) in [6, 6.07) is 15.2. The lowest BCUT2D eigenvalue weighted by atomic mass is 10.3. The molecule has 2 heterocycles. The van der Waals surface area contributed by atoms with Crippen molar-refractivity contribution in [1.82, 2.24) is 9.97 Å². The second-order valence-corrected chi connectivity index (χ2v) is 9.15. The summed E-state index contributed by atoms with van der Waals surface area (Å²) in [7, 11) is -3.70. The Labute approximate surface area is 193 Å². The normalized spacial score (nSPS) is 14.1. The quantitative estimate of drug-likeness (QED) is 0.516. The summed E-state index contributed by atoms with van der Waals surface area (Å²) in [6.07, 6.45) is 0. The molecule has 2 N–H and O–H groups in total. The Morgan fingerprint density at radius 2 is 1.67 bits per heavy atom. The van der Waals surface area contributed by atoms with E-state index in [2.05, 4.69) is 24.9 Å². The first-order chi connectivity index (χ1) is 15.9. The maximum Gasteiger partial charge on any atom is 0.261 e. The van der Waals surface area contributed by atoms with Crippen LogP contribution in [0, 0.1) is 6.92 Å². The van der Waals surface area contributed by atoms with E-state index in [9.17, 15) is 8.42 Å². The molecule has 9 nitrogen and oxygen atoms in total. The van der Waals surface area contributed by atoms with E-state index in [0.717, 1.165) is 24.6 Å². The van der Waals surface area contributed by atoms with Crippen LogP contribution in [0.15, 0.2) is 59.5 Å². The Kier molecular flexibility index (Phi) is 6.95. The number of nitrogens with zero attached hydrogens (tertiary/aromatic N) is 3. The second kappa shape index (κ2) is 10.1. The molecule has 1 aliphatic heterocycles. The van der Waals surface area contributed by atoms with Gasteiger partial charge in [-0.15, -0.1) is 0 Å². The molecule has 0 aliphatic carbocycles. The molecule has 1 aromatic heterocycles. The van der Waals surface area contributed by atoms with Gasteiger partial charge in [-0.1, -0.05) is 0 Å². The van der Waals surface area contributed by atoms with Gasteiger partial charge in [-0.2, -0.15) is 0 Å². The second-order valence-electron chi connectivity index (χ2n) is 7.47. The van der Waals surface area contributed by atoms with Gasteiger partial charge in [0.2, 0.25) is 0 Å². The van der Waals surface area contributed by atoms with Gasteiger partial charge in [-0.05, 0) is 62.4 Å². The highest BCUT2D eigenvalue weighted by molar-refractivity contribution is 7.92. The van der Waals surface area contributed by atoms with Gasteiger partial charge in [0.05, 0.1) is 24.7 Å². The van der Waals surface area contributed by atoms with Crippen LogP contribution in [0.5, 0.6) is 5.75 Å². The van der Waals surface area contributed by atoms with E-state index in [0.29, 0.717) is 42.9 Å². The zero-order valence-electron chi connectivity index (χ0n) is 18.6. The highest BCUT2D eigenvalue weighted by Crippen LogP contribution is 2.24. The highest BCUT2D eigenvalue weighted by atomic mass is 32.2. The number of hydrogen-bond donors (Lipinski definition) is 2. The fourth-order valence-electron chi connectivity index (χ4n) is 3.44. The lowest BCUT2D eigenvalue weighted by molar-refractivity contribution is 0.122. The summed E-state index contributed by atoms with van der Waals surface area (Å²) in [4.78, 5) is 11.3. The molecule has 1 fully saturated rings. The van der Waals surface area contributed by atoms with E-state index < -0.39 is 10.0 Å². The van der Waals surface area contributed by atoms with Crippen molar-refractivity contribution in [1.29, 1.82) is 0 Å². The Balaban J connectivity index is 1.43. The van der Waals surface area contributed by atoms with Gasteiger partial charge in [-0.25, -0.2) is 18.4 Å². The Morgan fingerprint density at radius 1 is 1.00 bits per heavy atom. The molecule has 1 saturated heterocycles. The first-order valence-corrected chi connectivity index (χ1v) is 12.2. The van der Waals surface area contributed by atoms with Gasteiger partial charge in [0.15, 0.2) is 0 Å². The van der Waals surface area contributed by atoms with Crippen molar-refractivity contribution >= 4 is 33.0 Å². The largest absolute Gasteiger partial charge is 0.494 e. The van der Waals surface area contributed by atoms with Gasteiger partial charge < -0.3 is 19.7 Å². The zero-order chi connectivity index (χ0) is 23.3. The number of rotatable bonds is 8. The van der Waals surface area contributed by atoms with Gasteiger partial charge in [0, 0.05) is 30.5 Å². The molecule has 0 bridgehead atoms. The number of aryl methyl sites for hydroxylation is 1. The van der Waals surface area contributed by atoms with Crippen LogP contribution in [-0.4, -0.2) is 51.3 Å². The molecule has 0 spiro atoms. The van der Waals surface area contributed by atoms with Crippen molar-refractivity contribution < 1.29 is 17.9 Å². The van der Waals surface area contributed by atoms with Gasteiger partial charge in [-0.3, -0.25) is 4.72 Å². The minimum Gasteiger partial charge on any atom is -0.494 e. The molecule has 4 rings (SSSR count). The van der Waals surface area contributed by atoms with E-state index >= 15 is 0 Å². The summed E-state index contributed by atoms with van der Waals surface area (Å²) in [5.74, 6) is 2.82. The van der Waals surface area contributed by atoms with Crippen molar-refractivity contribution in [3.63, 3.8) is 0 Å². The number of sulfonamides is 1. The summed E-state index contributed by atoms with van der Waals surface area (Å²) in [5.41, 5.74) is 1.24. The molecule has 0 amide bonds. The number of ether oxygens (including phenoxy) is 2. The van der Waals surface area contributed by atoms with E-state index in [4.69, 9.17) is 9.47 Å². The number of nitrogens with one attached hydrogen (secondary N) is 2. The molecule has 174 valence electrons. The van der Waals surface area contributed by atoms with Crippen LogP contribution in [0.2, 0.25) is 0 Å². The Hall–Kier alpha value is -3.37. The first-order valence-electron chi connectivity index (χ1n) is 10.7. The molecule has 0 radical (unpaired) electrons. The maximum atomic E-state index is 12.7. The fourth-order valence-corrected chi connectivity index (χ4v) is 4.49. The molecule has 33 heavy (non-hydrogen) atoms. The van der Waals surface area contributed by atoms with Gasteiger partial charge in [0.25, 0.3) is 10.0 Å². The third-order valence-electron chi connectivity index (χ3n) is 5.01. The van der Waals surface area contributed by atoms with E-state index in [-0.39, 0.29) is 4.90 Å². The summed E-state index contributed by atoms with van der Waals surface area (Å²) >= 11 is 0. The Bertz CT molecular complexity index is 1180. The third kappa shape index (κ3) is 5.91. The monoisotopic (exact) mass is 469 g/mol. The molecule has 1 aliphatic rings. The minimum atomic E-state index is -3.70. The lowest BCUT2D eigenvalue weighted by Crippen LogP contribution is -2.36. The van der Waals surface area contributed by atoms with Gasteiger partial charge >= 0.3 is 0 Å². The average molecular weight is 470 g/mol. The van der Waals surface area contributed by atoms with Crippen LogP contribution in [0.4, 0.5) is 23.0 Å². The van der Waals surface area contributed by atoms with Crippen molar-refractivity contribution in [2.75, 3.05) is 47.8 Å². The van der Waals surface area contributed by atoms with E-state index in [1.54, 1.807) is 36.4 Å². The molecular formula is C23H27N5O4S. The smallest absolute Gasteiger partial charge is 0.261 e. The summed E-state index contributed by atoms with van der Waals surface area (Å²) < 4.78 is 38.7. The molecule has 2 aromatic carbocycles. The summed E-state index contributed by atoms with van der Waals surface area (Å²) in [6.45, 7) is 7.19. The number of hydrogen-bond acceptors (Lipinski definition) is 8. The highest BCUT2D eigenvalue weighted by Gasteiger charge is 2.16. The van der Waals surface area contributed by atoms with Crippen LogP contribution >= 0.6 is 0 Å². The van der Waals surface area contributed by atoms with Crippen LogP contribution in [0.1, 0.15) is 12.7 Å². The molecular weight excluding hydrogens is 442 g/mol. The minimum absolute atomic E-state index is 0.167. The molecule has 10 heteroatoms. The number of benzene rings is 2. The van der Waals surface area contributed by atoms with Crippen LogP contribution in [-0.2, 0) is 14.8 Å². The van der Waals surface area contributed by atoms with Crippen molar-refractivity contribution in [3.05, 3.63) is 60.4 Å². The first kappa shape index (κ1) is 22.8. The molecule has 0 atom stereocenters. The zero-order valence-corrected chi connectivity index (χ0v) is 19.4. The topological polar surface area (TPSA) is 106 Å². The van der Waals surface area contributed by atoms with Crippen molar-refractivity contribution in [3.8, 4) is 5.75 Å². The number of aromatic nitrogens is 2. The van der Waals surface area contributed by atoms with E-state index in [1.807, 2.05) is 19.9 Å². The maximum absolute atomic E-state index is 12.7. The van der Waals surface area contributed by atoms with Gasteiger partial charge in [0.1, 0.15) is 23.2 Å². The predicted molar refractivity (Wildman–Crippen MR) is 128 cm³/mol.